The third kappa shape index (κ3) is 1.45. The molecule has 0 aliphatic heterocycles. The molecule has 3 aromatic rings. The summed E-state index contributed by atoms with van der Waals surface area (Å²) in [4.78, 5) is 4.25. The molecule has 0 aliphatic carbocycles. The van der Waals surface area contributed by atoms with Crippen LogP contribution in [0.25, 0.3) is 28.4 Å². The zero-order valence-electron chi connectivity index (χ0n) is 9.42. The highest BCUT2D eigenvalue weighted by Gasteiger charge is 2.12. The van der Waals surface area contributed by atoms with Crippen LogP contribution in [0.5, 0.6) is 0 Å². The van der Waals surface area contributed by atoms with E-state index in [1.165, 1.54) is 0 Å². The first kappa shape index (κ1) is 9.84. The van der Waals surface area contributed by atoms with E-state index in [2.05, 4.69) is 33.4 Å². The number of hydrogen-bond acceptors (Lipinski definition) is 3. The van der Waals surface area contributed by atoms with Crippen molar-refractivity contribution in [3.63, 3.8) is 0 Å². The lowest BCUT2D eigenvalue weighted by Gasteiger charge is -1.93. The van der Waals surface area contributed by atoms with E-state index in [0.717, 1.165) is 16.5 Å². The summed E-state index contributed by atoms with van der Waals surface area (Å²) in [5.41, 5.74) is 2.12. The van der Waals surface area contributed by atoms with Gasteiger partial charge in [0, 0.05) is 29.7 Å². The maximum Gasteiger partial charge on any atom is 0.250 e. The fourth-order valence-corrected chi connectivity index (χ4v) is 1.95. The summed E-state index contributed by atoms with van der Waals surface area (Å²) in [6.45, 7) is 3.60. The van der Waals surface area contributed by atoms with Crippen LogP contribution in [-0.4, -0.2) is 14.7 Å². The Morgan fingerprint density at radius 3 is 2.94 bits per heavy atom. The predicted molar refractivity (Wildman–Crippen MR) is 66.3 cm³/mol. The number of aryl methyl sites for hydroxylation is 1. The van der Waals surface area contributed by atoms with Crippen LogP contribution in [0, 0.1) is 0 Å². The standard InChI is InChI=1S/C13H11N3O/c1-3-12-14-13(15-17-12)10-8-16(2)11-7-5-4-6-9(10)11/h3-8H,1H2,2H3. The molecule has 2 aromatic heterocycles. The number of para-hydroxylation sites is 1. The van der Waals surface area contributed by atoms with Crippen LogP contribution in [0.2, 0.25) is 0 Å². The van der Waals surface area contributed by atoms with Crippen molar-refractivity contribution in [2.45, 2.75) is 0 Å². The van der Waals surface area contributed by atoms with Crippen molar-refractivity contribution in [1.29, 1.82) is 0 Å². The number of aromatic nitrogens is 3. The Kier molecular flexibility index (Phi) is 2.08. The molecule has 0 N–H and O–H groups in total. The molecule has 17 heavy (non-hydrogen) atoms. The van der Waals surface area contributed by atoms with Crippen molar-refractivity contribution < 1.29 is 4.52 Å². The van der Waals surface area contributed by atoms with Gasteiger partial charge in [-0.05, 0) is 12.1 Å². The molecule has 1 aromatic carbocycles. The fourth-order valence-electron chi connectivity index (χ4n) is 1.95. The number of benzene rings is 1. The molecule has 0 amide bonds. The van der Waals surface area contributed by atoms with Gasteiger partial charge in [0.25, 0.3) is 0 Å². The second kappa shape index (κ2) is 3.59. The van der Waals surface area contributed by atoms with E-state index < -0.39 is 0 Å². The highest BCUT2D eigenvalue weighted by Crippen LogP contribution is 2.27. The van der Waals surface area contributed by atoms with E-state index in [-0.39, 0.29) is 0 Å². The normalized spacial score (nSPS) is 10.9. The Hall–Kier alpha value is -2.36. The monoisotopic (exact) mass is 225 g/mol. The summed E-state index contributed by atoms with van der Waals surface area (Å²) >= 11 is 0. The molecule has 0 saturated heterocycles. The van der Waals surface area contributed by atoms with Crippen molar-refractivity contribution in [3.8, 4) is 11.4 Å². The molecule has 0 radical (unpaired) electrons. The van der Waals surface area contributed by atoms with Crippen LogP contribution >= 0.6 is 0 Å². The van der Waals surface area contributed by atoms with Gasteiger partial charge in [-0.15, -0.1) is 0 Å². The van der Waals surface area contributed by atoms with Gasteiger partial charge in [-0.3, -0.25) is 0 Å². The molecular formula is C13H11N3O. The van der Waals surface area contributed by atoms with E-state index in [1.54, 1.807) is 6.08 Å². The van der Waals surface area contributed by atoms with Crippen LogP contribution < -0.4 is 0 Å². The number of nitrogens with zero attached hydrogens (tertiary/aromatic N) is 3. The zero-order valence-corrected chi connectivity index (χ0v) is 9.42. The van der Waals surface area contributed by atoms with Crippen LogP contribution in [0.4, 0.5) is 0 Å². The lowest BCUT2D eigenvalue weighted by molar-refractivity contribution is 0.411. The molecule has 4 nitrogen and oxygen atoms in total. The molecule has 0 saturated carbocycles. The molecule has 0 aliphatic rings. The van der Waals surface area contributed by atoms with Gasteiger partial charge in [0.05, 0.1) is 0 Å². The molecule has 3 rings (SSSR count). The lowest BCUT2D eigenvalue weighted by atomic mass is 10.2. The van der Waals surface area contributed by atoms with Gasteiger partial charge in [0.1, 0.15) is 0 Å². The number of rotatable bonds is 2. The Morgan fingerprint density at radius 1 is 1.35 bits per heavy atom. The maximum absolute atomic E-state index is 5.04. The van der Waals surface area contributed by atoms with E-state index >= 15 is 0 Å². The Bertz CT molecular complexity index is 694. The fraction of sp³-hybridized carbons (Fsp3) is 0.0769. The van der Waals surface area contributed by atoms with E-state index in [9.17, 15) is 0 Å². The Morgan fingerprint density at radius 2 is 2.18 bits per heavy atom. The van der Waals surface area contributed by atoms with Crippen LogP contribution in [0.15, 0.2) is 41.6 Å². The first-order valence-electron chi connectivity index (χ1n) is 5.30. The Balaban J connectivity index is 2.26. The molecule has 4 heteroatoms. The number of fused-ring (bicyclic) bond motifs is 1. The van der Waals surface area contributed by atoms with Crippen molar-refractivity contribution in [2.75, 3.05) is 0 Å². The van der Waals surface area contributed by atoms with Crippen molar-refractivity contribution in [3.05, 3.63) is 42.9 Å². The third-order valence-electron chi connectivity index (χ3n) is 2.75. The molecule has 0 spiro atoms. The van der Waals surface area contributed by atoms with Gasteiger partial charge >= 0.3 is 0 Å². The molecule has 0 unspecified atom stereocenters. The summed E-state index contributed by atoms with van der Waals surface area (Å²) in [5.74, 6) is 1.03. The van der Waals surface area contributed by atoms with Gasteiger partial charge in [-0.25, -0.2) is 0 Å². The van der Waals surface area contributed by atoms with Crippen LogP contribution in [0.3, 0.4) is 0 Å². The average molecular weight is 225 g/mol. The topological polar surface area (TPSA) is 43.9 Å². The SMILES string of the molecule is C=Cc1nc(-c2cn(C)c3ccccc23)no1. The van der Waals surface area contributed by atoms with Crippen LogP contribution in [0.1, 0.15) is 5.89 Å². The minimum Gasteiger partial charge on any atom is -0.350 e. The van der Waals surface area contributed by atoms with E-state index in [4.69, 9.17) is 4.52 Å². The molecular weight excluding hydrogens is 214 g/mol. The smallest absolute Gasteiger partial charge is 0.250 e. The maximum atomic E-state index is 5.04. The highest BCUT2D eigenvalue weighted by molar-refractivity contribution is 5.94. The highest BCUT2D eigenvalue weighted by atomic mass is 16.5. The Labute approximate surface area is 98.2 Å². The molecule has 0 atom stereocenters. The van der Waals surface area contributed by atoms with Crippen molar-refractivity contribution >= 4 is 17.0 Å². The largest absolute Gasteiger partial charge is 0.350 e. The molecule has 2 heterocycles. The predicted octanol–water partition coefficient (Wildman–Crippen LogP) is 2.87. The number of hydrogen-bond donors (Lipinski definition) is 0. The summed E-state index contributed by atoms with van der Waals surface area (Å²) in [7, 11) is 2.00. The van der Waals surface area contributed by atoms with Gasteiger partial charge < -0.3 is 9.09 Å². The first-order chi connectivity index (χ1) is 8.29. The minimum atomic E-state index is 0.438. The van der Waals surface area contributed by atoms with Gasteiger partial charge in [0.15, 0.2) is 0 Å². The minimum absolute atomic E-state index is 0.438. The van der Waals surface area contributed by atoms with Crippen LogP contribution in [-0.2, 0) is 7.05 Å². The molecule has 84 valence electrons. The average Bonchev–Trinajstić information content (AvgIpc) is 2.95. The van der Waals surface area contributed by atoms with Crippen molar-refractivity contribution in [1.82, 2.24) is 14.7 Å². The lowest BCUT2D eigenvalue weighted by Crippen LogP contribution is -1.82. The summed E-state index contributed by atoms with van der Waals surface area (Å²) in [6.07, 6.45) is 3.55. The zero-order chi connectivity index (χ0) is 11.8. The summed E-state index contributed by atoms with van der Waals surface area (Å²) in [6, 6.07) is 8.12. The van der Waals surface area contributed by atoms with E-state index in [0.29, 0.717) is 11.7 Å². The molecule has 0 fully saturated rings. The second-order valence-corrected chi connectivity index (χ2v) is 3.83. The van der Waals surface area contributed by atoms with Gasteiger partial charge in [-0.2, -0.15) is 4.98 Å². The first-order valence-corrected chi connectivity index (χ1v) is 5.30. The quantitative estimate of drug-likeness (QED) is 0.673. The van der Waals surface area contributed by atoms with E-state index in [1.807, 2.05) is 25.4 Å². The van der Waals surface area contributed by atoms with Crippen molar-refractivity contribution in [2.24, 2.45) is 7.05 Å². The van der Waals surface area contributed by atoms with Gasteiger partial charge in [0.2, 0.25) is 11.7 Å². The summed E-state index contributed by atoms with van der Waals surface area (Å²) < 4.78 is 7.09. The molecule has 0 bridgehead atoms. The van der Waals surface area contributed by atoms with Gasteiger partial charge in [-0.1, -0.05) is 29.9 Å². The third-order valence-corrected chi connectivity index (χ3v) is 2.75. The summed E-state index contributed by atoms with van der Waals surface area (Å²) in [5, 5.41) is 5.07. The second-order valence-electron chi connectivity index (χ2n) is 3.83.